The summed E-state index contributed by atoms with van der Waals surface area (Å²) in [7, 11) is -2.24. The largest absolute Gasteiger partial charge is 0.368 e. The molecule has 0 aromatic heterocycles. The Hall–Kier alpha value is -2.38. The van der Waals surface area contributed by atoms with Gasteiger partial charge < -0.3 is 10.2 Å². The van der Waals surface area contributed by atoms with Crippen LogP contribution in [-0.4, -0.2) is 51.4 Å². The fourth-order valence-corrected chi connectivity index (χ4v) is 4.81. The van der Waals surface area contributed by atoms with Gasteiger partial charge in [-0.15, -0.1) is 0 Å². The van der Waals surface area contributed by atoms with Crippen molar-refractivity contribution in [3.8, 4) is 0 Å². The molecule has 0 unspecified atom stereocenters. The molecule has 156 valence electrons. The lowest BCUT2D eigenvalue weighted by molar-refractivity contribution is -0.121. The van der Waals surface area contributed by atoms with Crippen LogP contribution < -0.4 is 10.2 Å². The number of nitrogens with zero attached hydrogens (tertiary/aromatic N) is 2. The van der Waals surface area contributed by atoms with E-state index in [1.54, 1.807) is 24.3 Å². The van der Waals surface area contributed by atoms with Crippen LogP contribution in [0.5, 0.6) is 0 Å². The number of likely N-dealkylation sites (N-methyl/N-ethyl adjacent to an activating group) is 1. The van der Waals surface area contributed by atoms with Crippen LogP contribution in [0.4, 0.5) is 5.69 Å². The molecule has 0 radical (unpaired) electrons. The van der Waals surface area contributed by atoms with Gasteiger partial charge in [-0.1, -0.05) is 35.9 Å². The molecule has 1 heterocycles. The van der Waals surface area contributed by atoms with E-state index in [0.717, 1.165) is 29.3 Å². The standard InChI is InChI=1S/C22H29N3O3S/c1-17-9-11-20(12-10-17)29(27,28)24(3)16-22(26)23-13-6-14-25-18(2)15-19-7-4-5-8-21(19)25/h4-5,7-12,18H,6,13-16H2,1-3H3,(H,23,26)/t18-/m0/s1. The molecule has 0 saturated carbocycles. The quantitative estimate of drug-likeness (QED) is 0.673. The van der Waals surface area contributed by atoms with Gasteiger partial charge in [0.15, 0.2) is 0 Å². The van der Waals surface area contributed by atoms with Gasteiger partial charge in [0, 0.05) is 31.9 Å². The highest BCUT2D eigenvalue weighted by molar-refractivity contribution is 7.89. The van der Waals surface area contributed by atoms with Crippen LogP contribution in [0.25, 0.3) is 0 Å². The van der Waals surface area contributed by atoms with Crippen molar-refractivity contribution in [1.82, 2.24) is 9.62 Å². The van der Waals surface area contributed by atoms with Gasteiger partial charge >= 0.3 is 0 Å². The first-order valence-electron chi connectivity index (χ1n) is 9.93. The molecule has 0 spiro atoms. The van der Waals surface area contributed by atoms with Crippen LogP contribution in [0.3, 0.4) is 0 Å². The lowest BCUT2D eigenvalue weighted by Crippen LogP contribution is -2.39. The van der Waals surface area contributed by atoms with Crippen LogP contribution in [-0.2, 0) is 21.2 Å². The number of carbonyl (C=O) groups is 1. The molecular weight excluding hydrogens is 386 g/mol. The number of aryl methyl sites for hydroxylation is 1. The van der Waals surface area contributed by atoms with Crippen molar-refractivity contribution in [2.75, 3.05) is 31.6 Å². The van der Waals surface area contributed by atoms with E-state index in [1.165, 1.54) is 18.3 Å². The smallest absolute Gasteiger partial charge is 0.243 e. The first-order chi connectivity index (χ1) is 13.8. The molecule has 1 amide bonds. The lowest BCUT2D eigenvalue weighted by Gasteiger charge is -2.25. The predicted molar refractivity (Wildman–Crippen MR) is 116 cm³/mol. The van der Waals surface area contributed by atoms with E-state index in [2.05, 4.69) is 41.4 Å². The number of benzene rings is 2. The molecule has 2 aromatic rings. The van der Waals surface area contributed by atoms with Gasteiger partial charge in [-0.05, 0) is 50.5 Å². The number of sulfonamides is 1. The SMILES string of the molecule is Cc1ccc(S(=O)(=O)N(C)CC(=O)NCCCN2c3ccccc3C[C@@H]2C)cc1. The minimum Gasteiger partial charge on any atom is -0.368 e. The number of hydrogen-bond donors (Lipinski definition) is 1. The highest BCUT2D eigenvalue weighted by Crippen LogP contribution is 2.31. The molecule has 1 atom stereocenters. The minimum absolute atomic E-state index is 0.195. The molecule has 1 N–H and O–H groups in total. The molecule has 7 heteroatoms. The number of carbonyl (C=O) groups excluding carboxylic acids is 1. The van der Waals surface area contributed by atoms with E-state index in [1.807, 2.05) is 6.92 Å². The molecule has 2 aromatic carbocycles. The topological polar surface area (TPSA) is 69.7 Å². The van der Waals surface area contributed by atoms with Crippen molar-refractivity contribution in [2.24, 2.45) is 0 Å². The molecule has 3 rings (SSSR count). The van der Waals surface area contributed by atoms with Crippen LogP contribution in [0.15, 0.2) is 53.4 Å². The molecule has 1 aliphatic rings. The van der Waals surface area contributed by atoms with Crippen molar-refractivity contribution in [2.45, 2.75) is 37.6 Å². The van der Waals surface area contributed by atoms with Gasteiger partial charge in [-0.2, -0.15) is 4.31 Å². The summed E-state index contributed by atoms with van der Waals surface area (Å²) >= 11 is 0. The molecule has 0 saturated heterocycles. The van der Waals surface area contributed by atoms with Crippen molar-refractivity contribution < 1.29 is 13.2 Å². The summed E-state index contributed by atoms with van der Waals surface area (Å²) in [5.41, 5.74) is 3.63. The highest BCUT2D eigenvalue weighted by atomic mass is 32.2. The zero-order chi connectivity index (χ0) is 21.0. The summed E-state index contributed by atoms with van der Waals surface area (Å²) in [6.07, 6.45) is 1.85. The van der Waals surface area contributed by atoms with Gasteiger partial charge in [0.05, 0.1) is 11.4 Å². The van der Waals surface area contributed by atoms with E-state index >= 15 is 0 Å². The van der Waals surface area contributed by atoms with Gasteiger partial charge in [0.1, 0.15) is 0 Å². The fourth-order valence-electron chi connectivity index (χ4n) is 3.68. The third kappa shape index (κ3) is 4.97. The van der Waals surface area contributed by atoms with Crippen molar-refractivity contribution in [3.63, 3.8) is 0 Å². The second-order valence-electron chi connectivity index (χ2n) is 7.65. The second-order valence-corrected chi connectivity index (χ2v) is 9.70. The number of anilines is 1. The van der Waals surface area contributed by atoms with Crippen LogP contribution in [0.1, 0.15) is 24.5 Å². The van der Waals surface area contributed by atoms with Crippen LogP contribution in [0.2, 0.25) is 0 Å². The van der Waals surface area contributed by atoms with Crippen molar-refractivity contribution >= 4 is 21.6 Å². The minimum atomic E-state index is -3.67. The number of nitrogens with one attached hydrogen (secondary N) is 1. The van der Waals surface area contributed by atoms with Crippen LogP contribution in [0, 0.1) is 6.92 Å². The Kier molecular flexibility index (Phi) is 6.59. The Morgan fingerprint density at radius 1 is 1.17 bits per heavy atom. The number of fused-ring (bicyclic) bond motifs is 1. The van der Waals surface area contributed by atoms with Crippen molar-refractivity contribution in [3.05, 3.63) is 59.7 Å². The first kappa shape index (κ1) is 21.3. The Labute approximate surface area is 173 Å². The van der Waals surface area contributed by atoms with E-state index in [4.69, 9.17) is 0 Å². The summed E-state index contributed by atoms with van der Waals surface area (Å²) < 4.78 is 26.2. The molecule has 6 nitrogen and oxygen atoms in total. The third-order valence-electron chi connectivity index (χ3n) is 5.34. The van der Waals surface area contributed by atoms with Gasteiger partial charge in [0.25, 0.3) is 0 Å². The van der Waals surface area contributed by atoms with Crippen molar-refractivity contribution in [1.29, 1.82) is 0 Å². The summed E-state index contributed by atoms with van der Waals surface area (Å²) in [5, 5.41) is 2.84. The molecule has 0 aliphatic carbocycles. The summed E-state index contributed by atoms with van der Waals surface area (Å²) in [6, 6.07) is 15.5. The highest BCUT2D eigenvalue weighted by Gasteiger charge is 2.25. The van der Waals surface area contributed by atoms with E-state index in [-0.39, 0.29) is 17.3 Å². The molecule has 1 aliphatic heterocycles. The normalized spacial score (nSPS) is 16.1. The lowest BCUT2D eigenvalue weighted by atomic mass is 10.1. The monoisotopic (exact) mass is 415 g/mol. The van der Waals surface area contributed by atoms with Gasteiger partial charge in [-0.3, -0.25) is 4.79 Å². The third-order valence-corrected chi connectivity index (χ3v) is 7.16. The zero-order valence-corrected chi connectivity index (χ0v) is 18.1. The van der Waals surface area contributed by atoms with Gasteiger partial charge in [-0.25, -0.2) is 8.42 Å². The Morgan fingerprint density at radius 2 is 1.86 bits per heavy atom. The maximum Gasteiger partial charge on any atom is 0.243 e. The van der Waals surface area contributed by atoms with E-state index in [0.29, 0.717) is 12.6 Å². The number of hydrogen-bond acceptors (Lipinski definition) is 4. The Morgan fingerprint density at radius 3 is 2.59 bits per heavy atom. The molecule has 0 bridgehead atoms. The number of para-hydroxylation sites is 1. The maximum absolute atomic E-state index is 12.6. The first-order valence-corrected chi connectivity index (χ1v) is 11.4. The zero-order valence-electron chi connectivity index (χ0n) is 17.3. The predicted octanol–water partition coefficient (Wildman–Crippen LogP) is 2.57. The Bertz CT molecular complexity index is 958. The molecule has 0 fully saturated rings. The van der Waals surface area contributed by atoms with E-state index < -0.39 is 10.0 Å². The van der Waals surface area contributed by atoms with E-state index in [9.17, 15) is 13.2 Å². The summed E-state index contributed by atoms with van der Waals surface area (Å²) in [6.45, 7) is 5.29. The average molecular weight is 416 g/mol. The molecule has 29 heavy (non-hydrogen) atoms. The van der Waals surface area contributed by atoms with Crippen LogP contribution >= 0.6 is 0 Å². The molecular formula is C22H29N3O3S. The number of rotatable bonds is 8. The summed E-state index contributed by atoms with van der Waals surface area (Å²) in [4.78, 5) is 14.8. The average Bonchev–Trinajstić information content (AvgIpc) is 3.00. The summed E-state index contributed by atoms with van der Waals surface area (Å²) in [5.74, 6) is -0.293. The maximum atomic E-state index is 12.6. The second kappa shape index (κ2) is 8.97. The Balaban J connectivity index is 1.46. The number of amides is 1. The van der Waals surface area contributed by atoms with Gasteiger partial charge in [0.2, 0.25) is 15.9 Å². The fraction of sp³-hybridized carbons (Fsp3) is 0.409.